The molecule has 3 rings (SSSR count). The average molecular weight is 504 g/mol. The number of benzene rings is 1. The monoisotopic (exact) mass is 504 g/mol. The molecular formula is C20H30FIN4O2. The molecule has 0 aliphatic carbocycles. The van der Waals surface area contributed by atoms with Gasteiger partial charge in [0.05, 0.1) is 0 Å². The molecule has 0 bridgehead atoms. The van der Waals surface area contributed by atoms with Gasteiger partial charge in [-0.3, -0.25) is 9.79 Å². The first-order chi connectivity index (χ1) is 13.2. The van der Waals surface area contributed by atoms with E-state index in [2.05, 4.69) is 10.2 Å². The van der Waals surface area contributed by atoms with Crippen LogP contribution in [-0.4, -0.2) is 73.6 Å². The Morgan fingerprint density at radius 1 is 1.21 bits per heavy atom. The number of ether oxygens (including phenoxy) is 1. The van der Waals surface area contributed by atoms with Crippen molar-refractivity contribution in [2.75, 3.05) is 45.9 Å². The van der Waals surface area contributed by atoms with Gasteiger partial charge in [0.15, 0.2) is 5.96 Å². The van der Waals surface area contributed by atoms with E-state index in [1.165, 1.54) is 12.1 Å². The molecule has 1 N–H and O–H groups in total. The zero-order valence-electron chi connectivity index (χ0n) is 16.4. The molecule has 1 aromatic rings. The molecule has 8 heteroatoms. The number of hydrogen-bond acceptors (Lipinski definition) is 3. The van der Waals surface area contributed by atoms with Crippen molar-refractivity contribution in [1.29, 1.82) is 0 Å². The first-order valence-electron chi connectivity index (χ1n) is 9.85. The summed E-state index contributed by atoms with van der Waals surface area (Å²) in [5, 5.41) is 3.33. The highest BCUT2D eigenvalue weighted by Crippen LogP contribution is 2.16. The minimum absolute atomic E-state index is 0. The van der Waals surface area contributed by atoms with Crippen LogP contribution in [-0.2, 0) is 16.0 Å². The van der Waals surface area contributed by atoms with Gasteiger partial charge >= 0.3 is 0 Å². The molecule has 0 saturated carbocycles. The molecule has 2 heterocycles. The van der Waals surface area contributed by atoms with Crippen molar-refractivity contribution >= 4 is 35.8 Å². The van der Waals surface area contributed by atoms with E-state index in [4.69, 9.17) is 9.73 Å². The number of guanidine groups is 1. The van der Waals surface area contributed by atoms with Crippen molar-refractivity contribution in [2.45, 2.75) is 32.3 Å². The molecule has 1 aromatic carbocycles. The number of halogens is 2. The Morgan fingerprint density at radius 2 is 1.89 bits per heavy atom. The standard InChI is InChI=1S/C20H29FN4O2.HI/c1-2-22-20(23-10-9-16-5-7-17(21)8-6-16)25-13-11-24(12-14-25)19(26)18-4-3-15-27-18;/h5-8,18H,2-4,9-15H2,1H3,(H,22,23);1H. The normalized spacial score (nSPS) is 20.1. The first-order valence-corrected chi connectivity index (χ1v) is 9.85. The lowest BCUT2D eigenvalue weighted by molar-refractivity contribution is -0.142. The van der Waals surface area contributed by atoms with Crippen molar-refractivity contribution in [3.63, 3.8) is 0 Å². The molecule has 0 radical (unpaired) electrons. The van der Waals surface area contributed by atoms with Crippen molar-refractivity contribution in [1.82, 2.24) is 15.1 Å². The highest BCUT2D eigenvalue weighted by Gasteiger charge is 2.30. The van der Waals surface area contributed by atoms with Crippen LogP contribution in [0.15, 0.2) is 29.3 Å². The van der Waals surface area contributed by atoms with E-state index < -0.39 is 0 Å². The minimum Gasteiger partial charge on any atom is -0.368 e. The number of aliphatic imine (C=N–C) groups is 1. The maximum absolute atomic E-state index is 13.0. The maximum Gasteiger partial charge on any atom is 0.251 e. The Balaban J connectivity index is 0.00000280. The smallest absolute Gasteiger partial charge is 0.251 e. The topological polar surface area (TPSA) is 57.2 Å². The third-order valence-corrected chi connectivity index (χ3v) is 5.01. The number of carbonyl (C=O) groups is 1. The van der Waals surface area contributed by atoms with Gasteiger partial charge in [-0.05, 0) is 43.9 Å². The molecule has 0 spiro atoms. The Kier molecular flexibility index (Phi) is 9.43. The van der Waals surface area contributed by atoms with Gasteiger partial charge in [0.25, 0.3) is 5.91 Å². The summed E-state index contributed by atoms with van der Waals surface area (Å²) in [4.78, 5) is 21.3. The van der Waals surface area contributed by atoms with Crippen LogP contribution in [0.4, 0.5) is 4.39 Å². The molecule has 2 aliphatic heterocycles. The summed E-state index contributed by atoms with van der Waals surface area (Å²) in [6.07, 6.45) is 2.34. The van der Waals surface area contributed by atoms with Crippen molar-refractivity contribution in [3.05, 3.63) is 35.6 Å². The van der Waals surface area contributed by atoms with Crippen molar-refractivity contribution in [3.8, 4) is 0 Å². The van der Waals surface area contributed by atoms with E-state index in [0.717, 1.165) is 50.4 Å². The van der Waals surface area contributed by atoms with Crippen LogP contribution in [0.1, 0.15) is 25.3 Å². The first kappa shape index (κ1) is 22.9. The van der Waals surface area contributed by atoms with Crippen molar-refractivity contribution < 1.29 is 13.9 Å². The number of nitrogens with one attached hydrogen (secondary N) is 1. The summed E-state index contributed by atoms with van der Waals surface area (Å²) in [6, 6.07) is 6.56. The summed E-state index contributed by atoms with van der Waals surface area (Å²) in [5.74, 6) is 0.792. The van der Waals surface area contributed by atoms with Gasteiger partial charge in [-0.1, -0.05) is 12.1 Å². The number of nitrogens with zero attached hydrogens (tertiary/aromatic N) is 3. The predicted octanol–water partition coefficient (Wildman–Crippen LogP) is 2.27. The van der Waals surface area contributed by atoms with E-state index in [9.17, 15) is 9.18 Å². The summed E-state index contributed by atoms with van der Waals surface area (Å²) in [5.41, 5.74) is 1.07. The van der Waals surface area contributed by atoms with Crippen molar-refractivity contribution in [2.24, 2.45) is 4.99 Å². The summed E-state index contributed by atoms with van der Waals surface area (Å²) >= 11 is 0. The van der Waals surface area contributed by atoms with E-state index in [1.807, 2.05) is 11.8 Å². The second-order valence-corrected chi connectivity index (χ2v) is 6.93. The predicted molar refractivity (Wildman–Crippen MR) is 119 cm³/mol. The molecule has 2 saturated heterocycles. The van der Waals surface area contributed by atoms with Gasteiger partial charge in [-0.15, -0.1) is 24.0 Å². The maximum atomic E-state index is 13.0. The number of piperazine rings is 1. The lowest BCUT2D eigenvalue weighted by Crippen LogP contribution is -2.55. The number of hydrogen-bond donors (Lipinski definition) is 1. The zero-order valence-corrected chi connectivity index (χ0v) is 18.7. The second kappa shape index (κ2) is 11.5. The highest BCUT2D eigenvalue weighted by atomic mass is 127. The van der Waals surface area contributed by atoms with E-state index in [-0.39, 0.29) is 41.8 Å². The van der Waals surface area contributed by atoms with Crippen LogP contribution in [0, 0.1) is 5.82 Å². The third-order valence-electron chi connectivity index (χ3n) is 5.01. The van der Waals surface area contributed by atoms with E-state index >= 15 is 0 Å². The Hall–Kier alpha value is -1.42. The molecule has 1 unspecified atom stereocenters. The zero-order chi connectivity index (χ0) is 19.1. The molecule has 2 fully saturated rings. The molecule has 0 aromatic heterocycles. The number of amides is 1. The van der Waals surface area contributed by atoms with Gasteiger partial charge in [0, 0.05) is 45.9 Å². The summed E-state index contributed by atoms with van der Waals surface area (Å²) in [7, 11) is 0. The van der Waals surface area contributed by atoms with Crippen LogP contribution >= 0.6 is 24.0 Å². The summed E-state index contributed by atoms with van der Waals surface area (Å²) < 4.78 is 18.5. The lowest BCUT2D eigenvalue weighted by Gasteiger charge is -2.37. The van der Waals surface area contributed by atoms with E-state index in [0.29, 0.717) is 26.2 Å². The molecule has 28 heavy (non-hydrogen) atoms. The van der Waals surface area contributed by atoms with Gasteiger partial charge in [0.1, 0.15) is 11.9 Å². The Labute approximate surface area is 183 Å². The number of carbonyl (C=O) groups excluding carboxylic acids is 1. The fourth-order valence-corrected chi connectivity index (χ4v) is 3.48. The average Bonchev–Trinajstić information content (AvgIpc) is 3.23. The van der Waals surface area contributed by atoms with Crippen LogP contribution in [0.2, 0.25) is 0 Å². The molecule has 6 nitrogen and oxygen atoms in total. The van der Waals surface area contributed by atoms with E-state index in [1.54, 1.807) is 12.1 Å². The quantitative estimate of drug-likeness (QED) is 0.380. The SMILES string of the molecule is CCNC(=NCCc1ccc(F)cc1)N1CCN(C(=O)C2CCCO2)CC1.I. The number of rotatable bonds is 5. The Bertz CT molecular complexity index is 642. The molecule has 1 amide bonds. The van der Waals surface area contributed by atoms with Crippen LogP contribution in [0.3, 0.4) is 0 Å². The van der Waals surface area contributed by atoms with Gasteiger partial charge in [-0.25, -0.2) is 4.39 Å². The highest BCUT2D eigenvalue weighted by molar-refractivity contribution is 14.0. The minimum atomic E-state index is -0.242. The van der Waals surface area contributed by atoms with Crippen LogP contribution in [0.5, 0.6) is 0 Å². The molecule has 156 valence electrons. The molecule has 1 atom stereocenters. The van der Waals surface area contributed by atoms with Crippen LogP contribution < -0.4 is 5.32 Å². The van der Waals surface area contributed by atoms with Gasteiger partial charge in [0.2, 0.25) is 0 Å². The van der Waals surface area contributed by atoms with Gasteiger partial charge < -0.3 is 19.9 Å². The van der Waals surface area contributed by atoms with Gasteiger partial charge in [-0.2, -0.15) is 0 Å². The second-order valence-electron chi connectivity index (χ2n) is 6.93. The summed E-state index contributed by atoms with van der Waals surface area (Å²) in [6.45, 7) is 7.10. The largest absolute Gasteiger partial charge is 0.368 e. The lowest BCUT2D eigenvalue weighted by atomic mass is 10.1. The molecular weight excluding hydrogens is 474 g/mol. The molecule has 2 aliphatic rings. The fraction of sp³-hybridized carbons (Fsp3) is 0.600. The fourth-order valence-electron chi connectivity index (χ4n) is 3.48. The third kappa shape index (κ3) is 6.30. The Morgan fingerprint density at radius 3 is 2.50 bits per heavy atom. The van der Waals surface area contributed by atoms with Crippen LogP contribution in [0.25, 0.3) is 0 Å².